The number of ether oxygens (including phenoxy) is 3. The zero-order valence-corrected chi connectivity index (χ0v) is 18.9. The van der Waals surface area contributed by atoms with Gasteiger partial charge in [-0.15, -0.1) is 0 Å². The Morgan fingerprint density at radius 3 is 2.00 bits per heavy atom. The fourth-order valence-corrected chi connectivity index (χ4v) is 3.46. The van der Waals surface area contributed by atoms with Crippen LogP contribution in [0.2, 0.25) is 0 Å². The average Bonchev–Trinajstić information content (AvgIpc) is 3.10. The molecule has 0 spiro atoms. The summed E-state index contributed by atoms with van der Waals surface area (Å²) >= 11 is 0. The third kappa shape index (κ3) is 8.01. The van der Waals surface area contributed by atoms with E-state index in [1.807, 2.05) is 58.0 Å². The van der Waals surface area contributed by atoms with Gasteiger partial charge < -0.3 is 14.2 Å². The Hall–Kier alpha value is -2.15. The first kappa shape index (κ1) is 24.9. The smallest absolute Gasteiger partial charge is 0.199 e. The quantitative estimate of drug-likeness (QED) is 0.596. The molecule has 0 aromatic heterocycles. The van der Waals surface area contributed by atoms with Crippen molar-refractivity contribution in [3.63, 3.8) is 0 Å². The monoisotopic (exact) mass is 420 g/mol. The van der Waals surface area contributed by atoms with E-state index in [-0.39, 0.29) is 11.0 Å². The van der Waals surface area contributed by atoms with Crippen LogP contribution in [0, 0.1) is 0 Å². The summed E-state index contributed by atoms with van der Waals surface area (Å²) in [6.45, 7) is 11.9. The van der Waals surface area contributed by atoms with Crippen molar-refractivity contribution in [1.29, 1.82) is 0 Å². The Morgan fingerprint density at radius 1 is 0.931 bits per heavy atom. The molecule has 0 N–H and O–H groups in total. The highest BCUT2D eigenvalue weighted by atomic mass is 32.2. The molecule has 0 saturated carbocycles. The van der Waals surface area contributed by atoms with E-state index in [2.05, 4.69) is 0 Å². The predicted octanol–water partition coefficient (Wildman–Crippen LogP) is 5.97. The van der Waals surface area contributed by atoms with Gasteiger partial charge >= 0.3 is 0 Å². The highest BCUT2D eigenvalue weighted by molar-refractivity contribution is 7.94. The minimum atomic E-state index is -3.55. The SMILES string of the molecule is CC.CC.CC1(C)OC[C@H](/C=C/S(=O)(=O)c2ccc(Oc3ccccc3)cc2)O1. The molecule has 1 fully saturated rings. The minimum Gasteiger partial charge on any atom is -0.457 e. The van der Waals surface area contributed by atoms with E-state index in [1.165, 1.54) is 18.2 Å². The Balaban J connectivity index is 0.000000989. The molecular formula is C23H32O5S. The van der Waals surface area contributed by atoms with Gasteiger partial charge in [-0.2, -0.15) is 0 Å². The van der Waals surface area contributed by atoms with E-state index in [4.69, 9.17) is 14.2 Å². The van der Waals surface area contributed by atoms with Gasteiger partial charge in [0.05, 0.1) is 11.5 Å². The van der Waals surface area contributed by atoms with Crippen molar-refractivity contribution in [2.24, 2.45) is 0 Å². The van der Waals surface area contributed by atoms with Crippen molar-refractivity contribution >= 4 is 9.84 Å². The average molecular weight is 421 g/mol. The van der Waals surface area contributed by atoms with Crippen molar-refractivity contribution in [2.45, 2.75) is 58.3 Å². The largest absolute Gasteiger partial charge is 0.457 e. The highest BCUT2D eigenvalue weighted by Gasteiger charge is 2.31. The molecule has 1 saturated heterocycles. The molecule has 0 unspecified atom stereocenters. The van der Waals surface area contributed by atoms with Gasteiger partial charge in [0.25, 0.3) is 0 Å². The molecular weight excluding hydrogens is 388 g/mol. The van der Waals surface area contributed by atoms with E-state index in [9.17, 15) is 8.42 Å². The fourth-order valence-electron chi connectivity index (χ4n) is 2.40. The van der Waals surface area contributed by atoms with Crippen LogP contribution in [-0.4, -0.2) is 26.9 Å². The lowest BCUT2D eigenvalue weighted by atomic mass is 10.3. The molecule has 6 heteroatoms. The van der Waals surface area contributed by atoms with Crippen molar-refractivity contribution < 1.29 is 22.6 Å². The molecule has 0 aliphatic carbocycles. The van der Waals surface area contributed by atoms with Crippen LogP contribution in [0.5, 0.6) is 11.5 Å². The summed E-state index contributed by atoms with van der Waals surface area (Å²) in [7, 11) is -3.55. The molecule has 1 heterocycles. The van der Waals surface area contributed by atoms with E-state index >= 15 is 0 Å². The van der Waals surface area contributed by atoms with Crippen molar-refractivity contribution in [3.8, 4) is 11.5 Å². The van der Waals surface area contributed by atoms with Gasteiger partial charge in [-0.3, -0.25) is 0 Å². The van der Waals surface area contributed by atoms with Crippen LogP contribution < -0.4 is 4.74 Å². The summed E-state index contributed by atoms with van der Waals surface area (Å²) in [6, 6.07) is 15.6. The maximum atomic E-state index is 12.4. The lowest BCUT2D eigenvalue weighted by Crippen LogP contribution is -2.20. The van der Waals surface area contributed by atoms with Gasteiger partial charge in [-0.05, 0) is 56.3 Å². The molecule has 3 rings (SSSR count). The Bertz CT molecular complexity index is 841. The molecule has 0 amide bonds. The second kappa shape index (κ2) is 11.8. The number of sulfone groups is 1. The first-order valence-electron chi connectivity index (χ1n) is 9.92. The van der Waals surface area contributed by atoms with Gasteiger partial charge in [0.15, 0.2) is 15.6 Å². The molecule has 2 aromatic carbocycles. The summed E-state index contributed by atoms with van der Waals surface area (Å²) in [4.78, 5) is 0.197. The molecule has 1 aliphatic heterocycles. The van der Waals surface area contributed by atoms with E-state index in [1.54, 1.807) is 26.0 Å². The van der Waals surface area contributed by atoms with Crippen LogP contribution in [0.4, 0.5) is 0 Å². The standard InChI is InChI=1S/C19H20O5S.2C2H6/c1-19(2)22-14-17(24-19)12-13-25(20,21)18-10-8-16(9-11-18)23-15-6-4-3-5-7-15;2*1-2/h3-13,17H,14H2,1-2H3;2*1-2H3/b13-12+;;/t17-;;/m0../s1. The van der Waals surface area contributed by atoms with Crippen molar-refractivity contribution in [2.75, 3.05) is 6.61 Å². The van der Waals surface area contributed by atoms with Gasteiger partial charge in [0.1, 0.15) is 17.6 Å². The summed E-state index contributed by atoms with van der Waals surface area (Å²) in [5.74, 6) is 0.581. The van der Waals surface area contributed by atoms with Crippen LogP contribution in [0.3, 0.4) is 0 Å². The Morgan fingerprint density at radius 2 is 1.48 bits per heavy atom. The molecule has 5 nitrogen and oxygen atoms in total. The second-order valence-electron chi connectivity index (χ2n) is 6.13. The van der Waals surface area contributed by atoms with Crippen LogP contribution in [-0.2, 0) is 19.3 Å². The zero-order chi connectivity index (χ0) is 21.9. The number of hydrogen-bond donors (Lipinski definition) is 0. The predicted molar refractivity (Wildman–Crippen MR) is 117 cm³/mol. The fraction of sp³-hybridized carbons (Fsp3) is 0.391. The summed E-state index contributed by atoms with van der Waals surface area (Å²) in [6.07, 6.45) is 1.14. The van der Waals surface area contributed by atoms with E-state index < -0.39 is 15.6 Å². The summed E-state index contributed by atoms with van der Waals surface area (Å²) in [5, 5.41) is 1.16. The molecule has 160 valence electrons. The lowest BCUT2D eigenvalue weighted by molar-refractivity contribution is -0.133. The van der Waals surface area contributed by atoms with Gasteiger partial charge in [0.2, 0.25) is 0 Å². The first-order valence-corrected chi connectivity index (χ1v) is 11.5. The van der Waals surface area contributed by atoms with Crippen molar-refractivity contribution in [1.82, 2.24) is 0 Å². The van der Waals surface area contributed by atoms with Crippen molar-refractivity contribution in [3.05, 3.63) is 66.1 Å². The molecule has 0 bridgehead atoms. The third-order valence-electron chi connectivity index (χ3n) is 3.63. The first-order chi connectivity index (χ1) is 13.8. The molecule has 1 aliphatic rings. The van der Waals surface area contributed by atoms with E-state index in [0.29, 0.717) is 18.1 Å². The number of hydrogen-bond acceptors (Lipinski definition) is 5. The van der Waals surface area contributed by atoms with Crippen LogP contribution in [0.15, 0.2) is 71.0 Å². The third-order valence-corrected chi connectivity index (χ3v) is 5.08. The summed E-state index contributed by atoms with van der Waals surface area (Å²) < 4.78 is 41.4. The highest BCUT2D eigenvalue weighted by Crippen LogP contribution is 2.25. The molecule has 1 atom stereocenters. The number of rotatable bonds is 5. The van der Waals surface area contributed by atoms with Gasteiger partial charge in [0, 0.05) is 5.41 Å². The normalized spacial score (nSPS) is 17.7. The van der Waals surface area contributed by atoms with E-state index in [0.717, 1.165) is 5.41 Å². The zero-order valence-electron chi connectivity index (χ0n) is 18.1. The molecule has 2 aromatic rings. The van der Waals surface area contributed by atoms with Crippen LogP contribution >= 0.6 is 0 Å². The second-order valence-corrected chi connectivity index (χ2v) is 7.96. The van der Waals surface area contributed by atoms with Gasteiger partial charge in [-0.25, -0.2) is 8.42 Å². The Kier molecular flexibility index (Phi) is 10.1. The lowest BCUT2D eigenvalue weighted by Gasteiger charge is -2.15. The minimum absolute atomic E-state index is 0.197. The van der Waals surface area contributed by atoms with Crippen LogP contribution in [0.1, 0.15) is 41.5 Å². The van der Waals surface area contributed by atoms with Gasteiger partial charge in [-0.1, -0.05) is 45.9 Å². The summed E-state index contributed by atoms with van der Waals surface area (Å²) in [5.41, 5.74) is 0. The number of para-hydroxylation sites is 1. The Labute approximate surface area is 175 Å². The molecule has 29 heavy (non-hydrogen) atoms. The number of benzene rings is 2. The topological polar surface area (TPSA) is 61.8 Å². The van der Waals surface area contributed by atoms with Crippen LogP contribution in [0.25, 0.3) is 0 Å². The molecule has 0 radical (unpaired) electrons. The maximum absolute atomic E-state index is 12.4. The maximum Gasteiger partial charge on any atom is 0.199 e.